The molecule has 0 bridgehead atoms. The molecule has 0 spiro atoms. The lowest BCUT2D eigenvalue weighted by Gasteiger charge is -1.98. The van der Waals surface area contributed by atoms with Crippen molar-refractivity contribution in [3.8, 4) is 0 Å². The van der Waals surface area contributed by atoms with Crippen LogP contribution in [0.2, 0.25) is 0 Å². The third-order valence-corrected chi connectivity index (χ3v) is 2.26. The number of hydrogen-bond acceptors (Lipinski definition) is 1. The maximum atomic E-state index is 11.3. The summed E-state index contributed by atoms with van der Waals surface area (Å²) in [6.45, 7) is 0. The normalized spacial score (nSPS) is 10.5. The molecule has 0 unspecified atom stereocenters. The van der Waals surface area contributed by atoms with E-state index >= 15 is 0 Å². The minimum absolute atomic E-state index is 0.103. The Kier molecular flexibility index (Phi) is 2.07. The molecule has 0 aliphatic heterocycles. The van der Waals surface area contributed by atoms with Gasteiger partial charge < -0.3 is 4.98 Å². The van der Waals surface area contributed by atoms with Crippen molar-refractivity contribution in [1.82, 2.24) is 4.98 Å². The first-order valence-corrected chi connectivity index (χ1v) is 4.51. The highest BCUT2D eigenvalue weighted by molar-refractivity contribution is 6.17. The SMILES string of the molecule is O=c1[nH]c2ccccc2cc1CCl. The Hall–Kier alpha value is -1.28. The van der Waals surface area contributed by atoms with Gasteiger partial charge in [0.2, 0.25) is 0 Å². The van der Waals surface area contributed by atoms with Crippen LogP contribution in [0.1, 0.15) is 5.56 Å². The molecular formula is C10H8ClNO. The van der Waals surface area contributed by atoms with Crippen LogP contribution >= 0.6 is 11.6 Å². The zero-order valence-corrected chi connectivity index (χ0v) is 7.64. The number of pyridine rings is 1. The lowest BCUT2D eigenvalue weighted by atomic mass is 10.2. The van der Waals surface area contributed by atoms with Gasteiger partial charge in [-0.05, 0) is 17.5 Å². The molecule has 2 aromatic rings. The van der Waals surface area contributed by atoms with Gasteiger partial charge in [0, 0.05) is 11.1 Å². The van der Waals surface area contributed by atoms with E-state index in [2.05, 4.69) is 4.98 Å². The lowest BCUT2D eigenvalue weighted by Crippen LogP contribution is -2.10. The van der Waals surface area contributed by atoms with Crippen molar-refractivity contribution >= 4 is 22.5 Å². The zero-order chi connectivity index (χ0) is 9.26. The summed E-state index contributed by atoms with van der Waals surface area (Å²) >= 11 is 5.61. The molecule has 0 fully saturated rings. The van der Waals surface area contributed by atoms with E-state index < -0.39 is 0 Å². The van der Waals surface area contributed by atoms with Gasteiger partial charge in [-0.15, -0.1) is 11.6 Å². The molecule has 1 heterocycles. The minimum Gasteiger partial charge on any atom is -0.322 e. The van der Waals surface area contributed by atoms with E-state index in [9.17, 15) is 4.79 Å². The van der Waals surface area contributed by atoms with Gasteiger partial charge in [0.25, 0.3) is 5.56 Å². The number of benzene rings is 1. The molecular weight excluding hydrogens is 186 g/mol. The van der Waals surface area contributed by atoms with E-state index in [1.165, 1.54) is 0 Å². The number of rotatable bonds is 1. The lowest BCUT2D eigenvalue weighted by molar-refractivity contribution is 1.21. The van der Waals surface area contributed by atoms with Crippen molar-refractivity contribution < 1.29 is 0 Å². The number of halogens is 1. The number of aromatic nitrogens is 1. The highest BCUT2D eigenvalue weighted by atomic mass is 35.5. The average Bonchev–Trinajstić information content (AvgIpc) is 2.17. The standard InChI is InChI=1S/C10H8ClNO/c11-6-8-5-7-3-1-2-4-9(7)12-10(8)13/h1-5H,6H2,(H,12,13). The second-order valence-electron chi connectivity index (χ2n) is 2.84. The summed E-state index contributed by atoms with van der Waals surface area (Å²) in [5, 5.41) is 1.01. The predicted molar refractivity (Wildman–Crippen MR) is 54.1 cm³/mol. The molecule has 0 amide bonds. The van der Waals surface area contributed by atoms with Crippen molar-refractivity contribution in [2.45, 2.75) is 5.88 Å². The van der Waals surface area contributed by atoms with Gasteiger partial charge in [-0.25, -0.2) is 0 Å². The summed E-state index contributed by atoms with van der Waals surface area (Å²) < 4.78 is 0. The smallest absolute Gasteiger partial charge is 0.252 e. The number of para-hydroxylation sites is 1. The quantitative estimate of drug-likeness (QED) is 0.693. The second-order valence-corrected chi connectivity index (χ2v) is 3.11. The highest BCUT2D eigenvalue weighted by Gasteiger charge is 1.99. The van der Waals surface area contributed by atoms with Crippen LogP contribution in [0, 0.1) is 0 Å². The van der Waals surface area contributed by atoms with Crippen molar-refractivity contribution in [1.29, 1.82) is 0 Å². The molecule has 2 rings (SSSR count). The van der Waals surface area contributed by atoms with Gasteiger partial charge >= 0.3 is 0 Å². The Morgan fingerprint density at radius 3 is 2.85 bits per heavy atom. The Balaban J connectivity index is 2.81. The molecule has 2 nitrogen and oxygen atoms in total. The number of fused-ring (bicyclic) bond motifs is 1. The summed E-state index contributed by atoms with van der Waals surface area (Å²) in [6.07, 6.45) is 0. The van der Waals surface area contributed by atoms with Crippen LogP contribution in [0.15, 0.2) is 35.1 Å². The van der Waals surface area contributed by atoms with Crippen LogP contribution in [-0.4, -0.2) is 4.98 Å². The first-order valence-electron chi connectivity index (χ1n) is 3.98. The summed E-state index contributed by atoms with van der Waals surface area (Å²) in [5.74, 6) is 0.250. The van der Waals surface area contributed by atoms with E-state index in [0.717, 1.165) is 10.9 Å². The summed E-state index contributed by atoms with van der Waals surface area (Å²) in [4.78, 5) is 14.1. The van der Waals surface area contributed by atoms with Crippen LogP contribution in [0.3, 0.4) is 0 Å². The van der Waals surface area contributed by atoms with Crippen molar-refractivity contribution in [2.75, 3.05) is 0 Å². The molecule has 0 aliphatic rings. The molecule has 1 aromatic heterocycles. The summed E-state index contributed by atoms with van der Waals surface area (Å²) in [5.41, 5.74) is 1.36. The average molecular weight is 194 g/mol. The maximum Gasteiger partial charge on any atom is 0.252 e. The third kappa shape index (κ3) is 1.45. The number of H-pyrrole nitrogens is 1. The molecule has 13 heavy (non-hydrogen) atoms. The fourth-order valence-electron chi connectivity index (χ4n) is 1.29. The van der Waals surface area contributed by atoms with Crippen molar-refractivity contribution in [2.24, 2.45) is 0 Å². The Bertz CT molecular complexity index is 489. The Morgan fingerprint density at radius 1 is 1.31 bits per heavy atom. The van der Waals surface area contributed by atoms with Crippen LogP contribution in [-0.2, 0) is 5.88 Å². The first kappa shape index (κ1) is 8.32. The zero-order valence-electron chi connectivity index (χ0n) is 6.88. The van der Waals surface area contributed by atoms with Gasteiger partial charge in [0.05, 0.1) is 5.88 Å². The third-order valence-electron chi connectivity index (χ3n) is 1.97. The first-order chi connectivity index (χ1) is 6.31. The fourth-order valence-corrected chi connectivity index (χ4v) is 1.49. The number of hydrogen-bond donors (Lipinski definition) is 1. The van der Waals surface area contributed by atoms with Crippen molar-refractivity contribution in [3.05, 3.63) is 46.2 Å². The minimum atomic E-state index is -0.103. The van der Waals surface area contributed by atoms with Crippen LogP contribution in [0.25, 0.3) is 10.9 Å². The fraction of sp³-hybridized carbons (Fsp3) is 0.100. The molecule has 0 atom stereocenters. The molecule has 0 saturated heterocycles. The van der Waals surface area contributed by atoms with Crippen LogP contribution in [0.5, 0.6) is 0 Å². The largest absolute Gasteiger partial charge is 0.322 e. The van der Waals surface area contributed by atoms with Crippen LogP contribution in [0.4, 0.5) is 0 Å². The van der Waals surface area contributed by atoms with E-state index in [0.29, 0.717) is 5.56 Å². The Morgan fingerprint density at radius 2 is 2.08 bits per heavy atom. The van der Waals surface area contributed by atoms with E-state index in [1.807, 2.05) is 30.3 Å². The summed E-state index contributed by atoms with van der Waals surface area (Å²) in [7, 11) is 0. The van der Waals surface area contributed by atoms with E-state index in [1.54, 1.807) is 0 Å². The highest BCUT2D eigenvalue weighted by Crippen LogP contribution is 2.10. The predicted octanol–water partition coefficient (Wildman–Crippen LogP) is 2.27. The van der Waals surface area contributed by atoms with Crippen LogP contribution < -0.4 is 5.56 Å². The number of alkyl halides is 1. The second kappa shape index (κ2) is 3.23. The van der Waals surface area contributed by atoms with Gasteiger partial charge in [-0.3, -0.25) is 4.79 Å². The molecule has 0 saturated carbocycles. The molecule has 0 radical (unpaired) electrons. The van der Waals surface area contributed by atoms with Gasteiger partial charge in [0.15, 0.2) is 0 Å². The van der Waals surface area contributed by atoms with E-state index in [4.69, 9.17) is 11.6 Å². The van der Waals surface area contributed by atoms with Crippen molar-refractivity contribution in [3.63, 3.8) is 0 Å². The maximum absolute atomic E-state index is 11.3. The topological polar surface area (TPSA) is 32.9 Å². The summed E-state index contributed by atoms with van der Waals surface area (Å²) in [6, 6.07) is 9.45. The Labute approximate surface area is 80.2 Å². The molecule has 1 aromatic carbocycles. The monoisotopic (exact) mass is 193 g/mol. The molecule has 1 N–H and O–H groups in total. The number of nitrogens with one attached hydrogen (secondary N) is 1. The van der Waals surface area contributed by atoms with Gasteiger partial charge in [-0.1, -0.05) is 18.2 Å². The van der Waals surface area contributed by atoms with Gasteiger partial charge in [0.1, 0.15) is 0 Å². The number of aromatic amines is 1. The van der Waals surface area contributed by atoms with Gasteiger partial charge in [-0.2, -0.15) is 0 Å². The van der Waals surface area contributed by atoms with E-state index in [-0.39, 0.29) is 11.4 Å². The molecule has 0 aliphatic carbocycles. The molecule has 3 heteroatoms. The molecule has 66 valence electrons.